The standard InChI is InChI=1S/C19H21N3O2/c1-14-7-8-17(23-14)13-22-10-9-16(12-22)19-21-20-18(24-19)11-15-5-3-2-4-6-15/h2-8,16H,9-13H2,1H3. The van der Waals surface area contributed by atoms with Gasteiger partial charge in [-0.2, -0.15) is 0 Å². The summed E-state index contributed by atoms with van der Waals surface area (Å²) in [6.07, 6.45) is 1.74. The van der Waals surface area contributed by atoms with Crippen LogP contribution in [0.25, 0.3) is 0 Å². The number of likely N-dealkylation sites (tertiary alicyclic amines) is 1. The second-order valence-electron chi connectivity index (χ2n) is 6.43. The average molecular weight is 323 g/mol. The molecule has 1 saturated heterocycles. The lowest BCUT2D eigenvalue weighted by Crippen LogP contribution is -2.19. The molecule has 1 aliphatic heterocycles. The zero-order chi connectivity index (χ0) is 16.4. The largest absolute Gasteiger partial charge is 0.465 e. The van der Waals surface area contributed by atoms with Gasteiger partial charge in [0.1, 0.15) is 11.5 Å². The monoisotopic (exact) mass is 323 g/mol. The Bertz CT molecular complexity index is 794. The van der Waals surface area contributed by atoms with E-state index in [1.165, 1.54) is 5.56 Å². The quantitative estimate of drug-likeness (QED) is 0.718. The van der Waals surface area contributed by atoms with Crippen LogP contribution in [0.1, 0.15) is 41.2 Å². The Morgan fingerprint density at radius 2 is 1.96 bits per heavy atom. The minimum atomic E-state index is 0.318. The predicted octanol–water partition coefficient (Wildman–Crippen LogP) is 3.55. The highest BCUT2D eigenvalue weighted by Crippen LogP contribution is 2.28. The van der Waals surface area contributed by atoms with Gasteiger partial charge in [-0.3, -0.25) is 4.90 Å². The van der Waals surface area contributed by atoms with Gasteiger partial charge in [0, 0.05) is 6.54 Å². The van der Waals surface area contributed by atoms with E-state index in [2.05, 4.69) is 27.2 Å². The molecule has 5 heteroatoms. The molecule has 1 fully saturated rings. The first-order valence-electron chi connectivity index (χ1n) is 8.40. The SMILES string of the molecule is Cc1ccc(CN2CCC(c3nnc(Cc4ccccc4)o3)C2)o1. The van der Waals surface area contributed by atoms with Crippen molar-refractivity contribution in [2.24, 2.45) is 0 Å². The first-order chi connectivity index (χ1) is 11.8. The lowest BCUT2D eigenvalue weighted by atomic mass is 10.1. The highest BCUT2D eigenvalue weighted by atomic mass is 16.4. The first kappa shape index (κ1) is 15.1. The molecule has 24 heavy (non-hydrogen) atoms. The van der Waals surface area contributed by atoms with Gasteiger partial charge in [0.2, 0.25) is 11.8 Å². The fourth-order valence-corrected chi connectivity index (χ4v) is 3.24. The van der Waals surface area contributed by atoms with Crippen molar-refractivity contribution in [3.8, 4) is 0 Å². The van der Waals surface area contributed by atoms with Crippen molar-refractivity contribution >= 4 is 0 Å². The van der Waals surface area contributed by atoms with Gasteiger partial charge in [0.05, 0.1) is 18.9 Å². The van der Waals surface area contributed by atoms with Crippen LogP contribution >= 0.6 is 0 Å². The van der Waals surface area contributed by atoms with E-state index in [1.54, 1.807) is 0 Å². The Balaban J connectivity index is 1.37. The molecule has 1 unspecified atom stereocenters. The molecule has 4 rings (SSSR count). The number of hydrogen-bond donors (Lipinski definition) is 0. The normalized spacial score (nSPS) is 18.3. The molecule has 0 saturated carbocycles. The van der Waals surface area contributed by atoms with Crippen LogP contribution in [0.15, 0.2) is 51.3 Å². The minimum absolute atomic E-state index is 0.318. The van der Waals surface area contributed by atoms with Gasteiger partial charge >= 0.3 is 0 Å². The topological polar surface area (TPSA) is 55.3 Å². The smallest absolute Gasteiger partial charge is 0.220 e. The van der Waals surface area contributed by atoms with Crippen LogP contribution in [0.2, 0.25) is 0 Å². The Labute approximate surface area is 141 Å². The van der Waals surface area contributed by atoms with Crippen LogP contribution in [-0.2, 0) is 13.0 Å². The van der Waals surface area contributed by atoms with Gasteiger partial charge in [0.15, 0.2) is 0 Å². The summed E-state index contributed by atoms with van der Waals surface area (Å²) in [5.41, 5.74) is 1.19. The summed E-state index contributed by atoms with van der Waals surface area (Å²) in [7, 11) is 0. The fraction of sp³-hybridized carbons (Fsp3) is 0.368. The second kappa shape index (κ2) is 6.61. The molecule has 1 atom stereocenters. The van der Waals surface area contributed by atoms with Gasteiger partial charge in [0.25, 0.3) is 0 Å². The van der Waals surface area contributed by atoms with Gasteiger partial charge < -0.3 is 8.83 Å². The highest BCUT2D eigenvalue weighted by molar-refractivity contribution is 5.18. The highest BCUT2D eigenvalue weighted by Gasteiger charge is 2.28. The van der Waals surface area contributed by atoms with Crippen molar-refractivity contribution in [1.29, 1.82) is 0 Å². The molecule has 1 aromatic carbocycles. The van der Waals surface area contributed by atoms with E-state index in [0.29, 0.717) is 18.2 Å². The Hall–Kier alpha value is -2.40. The van der Waals surface area contributed by atoms with Gasteiger partial charge in [-0.05, 0) is 37.6 Å². The molecule has 0 amide bonds. The zero-order valence-electron chi connectivity index (χ0n) is 13.8. The third-order valence-corrected chi connectivity index (χ3v) is 4.48. The summed E-state index contributed by atoms with van der Waals surface area (Å²) in [6.45, 7) is 4.78. The minimum Gasteiger partial charge on any atom is -0.465 e. The lowest BCUT2D eigenvalue weighted by Gasteiger charge is -2.12. The van der Waals surface area contributed by atoms with E-state index < -0.39 is 0 Å². The maximum Gasteiger partial charge on any atom is 0.220 e. The zero-order valence-corrected chi connectivity index (χ0v) is 13.8. The third kappa shape index (κ3) is 3.41. The molecule has 0 bridgehead atoms. The molecule has 3 aromatic rings. The Morgan fingerprint density at radius 1 is 1.08 bits per heavy atom. The molecule has 0 N–H and O–H groups in total. The number of hydrogen-bond acceptors (Lipinski definition) is 5. The van der Waals surface area contributed by atoms with Crippen LogP contribution in [0, 0.1) is 6.92 Å². The summed E-state index contributed by atoms with van der Waals surface area (Å²) in [6, 6.07) is 14.3. The molecule has 5 nitrogen and oxygen atoms in total. The summed E-state index contributed by atoms with van der Waals surface area (Å²) >= 11 is 0. The number of benzene rings is 1. The number of aromatic nitrogens is 2. The van der Waals surface area contributed by atoms with E-state index >= 15 is 0 Å². The predicted molar refractivity (Wildman–Crippen MR) is 89.6 cm³/mol. The van der Waals surface area contributed by atoms with E-state index in [-0.39, 0.29) is 0 Å². The molecule has 0 radical (unpaired) electrons. The molecule has 1 aliphatic rings. The third-order valence-electron chi connectivity index (χ3n) is 4.48. The van der Waals surface area contributed by atoms with Crippen LogP contribution in [0.3, 0.4) is 0 Å². The molecular formula is C19H21N3O2. The van der Waals surface area contributed by atoms with Crippen molar-refractivity contribution in [2.75, 3.05) is 13.1 Å². The van der Waals surface area contributed by atoms with Gasteiger partial charge in [-0.15, -0.1) is 10.2 Å². The van der Waals surface area contributed by atoms with Gasteiger partial charge in [-0.1, -0.05) is 30.3 Å². The summed E-state index contributed by atoms with van der Waals surface area (Å²) < 4.78 is 11.6. The maximum atomic E-state index is 5.90. The van der Waals surface area contributed by atoms with Crippen molar-refractivity contribution in [3.05, 3.63) is 71.3 Å². The van der Waals surface area contributed by atoms with E-state index in [4.69, 9.17) is 8.83 Å². The lowest BCUT2D eigenvalue weighted by molar-refractivity contribution is 0.286. The molecule has 0 aliphatic carbocycles. The molecule has 0 spiro atoms. The van der Waals surface area contributed by atoms with Crippen molar-refractivity contribution in [3.63, 3.8) is 0 Å². The van der Waals surface area contributed by atoms with Crippen LogP contribution in [0.5, 0.6) is 0 Å². The van der Waals surface area contributed by atoms with E-state index in [0.717, 1.165) is 43.5 Å². The van der Waals surface area contributed by atoms with E-state index in [1.807, 2.05) is 37.3 Å². The number of aryl methyl sites for hydroxylation is 1. The number of furan rings is 1. The molecular weight excluding hydrogens is 302 g/mol. The van der Waals surface area contributed by atoms with Crippen LogP contribution < -0.4 is 0 Å². The Morgan fingerprint density at radius 3 is 2.75 bits per heavy atom. The second-order valence-corrected chi connectivity index (χ2v) is 6.43. The summed E-state index contributed by atoms with van der Waals surface area (Å²) in [4.78, 5) is 2.38. The van der Waals surface area contributed by atoms with Crippen LogP contribution in [0.4, 0.5) is 0 Å². The fourth-order valence-electron chi connectivity index (χ4n) is 3.24. The molecule has 3 heterocycles. The summed E-state index contributed by atoms with van der Waals surface area (Å²) in [5, 5.41) is 8.49. The van der Waals surface area contributed by atoms with Gasteiger partial charge in [-0.25, -0.2) is 0 Å². The van der Waals surface area contributed by atoms with E-state index in [9.17, 15) is 0 Å². The van der Waals surface area contributed by atoms with Crippen molar-refractivity contribution in [1.82, 2.24) is 15.1 Å². The van der Waals surface area contributed by atoms with Crippen LogP contribution in [-0.4, -0.2) is 28.2 Å². The number of rotatable bonds is 5. The number of nitrogens with zero attached hydrogens (tertiary/aromatic N) is 3. The molecule has 2 aromatic heterocycles. The van der Waals surface area contributed by atoms with Crippen molar-refractivity contribution < 1.29 is 8.83 Å². The maximum absolute atomic E-state index is 5.90. The Kier molecular flexibility index (Phi) is 4.17. The average Bonchev–Trinajstić information content (AvgIpc) is 3.31. The first-order valence-corrected chi connectivity index (χ1v) is 8.40. The van der Waals surface area contributed by atoms with Crippen molar-refractivity contribution in [2.45, 2.75) is 32.2 Å². The molecule has 124 valence electrons. The summed E-state index contributed by atoms with van der Waals surface area (Å²) in [5.74, 6) is 3.75.